The molecule has 3 heteroatoms. The van der Waals surface area contributed by atoms with Crippen molar-refractivity contribution in [3.8, 4) is 0 Å². The number of carbonyl (C=O) groups is 1. The first-order valence-corrected chi connectivity index (χ1v) is 6.78. The largest absolute Gasteiger partial charge is 0.299 e. The van der Waals surface area contributed by atoms with Crippen molar-refractivity contribution >= 4 is 28.4 Å². The number of carbonyl (C=O) groups excluding carboxylic acids is 1. The van der Waals surface area contributed by atoms with Crippen LogP contribution in [0, 0.1) is 41.4 Å². The van der Waals surface area contributed by atoms with Crippen molar-refractivity contribution in [1.82, 2.24) is 0 Å². The van der Waals surface area contributed by atoms with Crippen LogP contribution in [0.5, 0.6) is 0 Å². The van der Waals surface area contributed by atoms with E-state index in [2.05, 4.69) is 22.6 Å². The molecular weight excluding hydrogens is 294 g/mol. The Kier molecular flexibility index (Phi) is 0.931. The molecule has 1 nitrogen and oxygen atoms in total. The van der Waals surface area contributed by atoms with Crippen molar-refractivity contribution in [3.63, 3.8) is 0 Å². The average Bonchev–Trinajstić information content (AvgIpc) is 2.81. The normalized spacial score (nSPS) is 80.3. The molecule has 0 spiro atoms. The van der Waals surface area contributed by atoms with E-state index in [0.717, 1.165) is 0 Å². The van der Waals surface area contributed by atoms with E-state index < -0.39 is 5.67 Å². The summed E-state index contributed by atoms with van der Waals surface area (Å²) in [4.78, 5) is 12.0. The van der Waals surface area contributed by atoms with E-state index in [4.69, 9.17) is 0 Å². The summed E-state index contributed by atoms with van der Waals surface area (Å²) in [5.41, 5.74) is -1.06. The van der Waals surface area contributed by atoms with Gasteiger partial charge in [-0.25, -0.2) is 4.39 Å². The summed E-state index contributed by atoms with van der Waals surface area (Å²) >= 11 is 2.30. The molecule has 6 aliphatic rings. The number of hydrogen-bond donors (Lipinski definition) is 0. The lowest BCUT2D eigenvalue weighted by Crippen LogP contribution is -2.42. The van der Waals surface area contributed by atoms with Crippen molar-refractivity contribution in [1.29, 1.82) is 0 Å². The molecule has 0 saturated heterocycles. The third-order valence-corrected chi connectivity index (χ3v) is 7.84. The Morgan fingerprint density at radius 1 is 1.36 bits per heavy atom. The summed E-state index contributed by atoms with van der Waals surface area (Å²) in [6.45, 7) is 0. The Hall–Kier alpha value is 0.330. The predicted octanol–water partition coefficient (Wildman–Crippen LogP) is 1.84. The topological polar surface area (TPSA) is 17.1 Å². The molecule has 6 fully saturated rings. The van der Waals surface area contributed by atoms with E-state index >= 15 is 0 Å². The van der Waals surface area contributed by atoms with E-state index in [1.54, 1.807) is 0 Å². The van der Waals surface area contributed by atoms with Gasteiger partial charge in [0.2, 0.25) is 0 Å². The van der Waals surface area contributed by atoms with E-state index in [-0.39, 0.29) is 21.7 Å². The van der Waals surface area contributed by atoms with Crippen LogP contribution in [0.15, 0.2) is 0 Å². The van der Waals surface area contributed by atoms with E-state index in [0.29, 0.717) is 29.5 Å². The maximum absolute atomic E-state index is 14.9. The van der Waals surface area contributed by atoms with Gasteiger partial charge in [0, 0.05) is 15.8 Å². The van der Waals surface area contributed by atoms with E-state index in [9.17, 15) is 9.18 Å². The van der Waals surface area contributed by atoms with Gasteiger partial charge in [-0.2, -0.15) is 0 Å². The van der Waals surface area contributed by atoms with Crippen molar-refractivity contribution < 1.29 is 9.18 Å². The third kappa shape index (κ3) is 0.407. The van der Waals surface area contributed by atoms with Crippen LogP contribution in [0.3, 0.4) is 0 Å². The molecular formula is C11H10FIO. The van der Waals surface area contributed by atoms with Gasteiger partial charge in [-0.3, -0.25) is 4.79 Å². The summed E-state index contributed by atoms with van der Waals surface area (Å²) in [6.07, 6.45) is 1.18. The quantitative estimate of drug-likeness (QED) is 0.493. The molecule has 0 unspecified atom stereocenters. The predicted molar refractivity (Wildman–Crippen MR) is 55.7 cm³/mol. The summed E-state index contributed by atoms with van der Waals surface area (Å²) in [5.74, 6) is 2.71. The zero-order valence-electron chi connectivity index (χ0n) is 7.49. The summed E-state index contributed by atoms with van der Waals surface area (Å²) in [6, 6.07) is 0. The second kappa shape index (κ2) is 1.72. The Morgan fingerprint density at radius 2 is 2.14 bits per heavy atom. The third-order valence-electron chi connectivity index (χ3n) is 6.06. The van der Waals surface area contributed by atoms with Crippen LogP contribution in [0.4, 0.5) is 4.39 Å². The molecule has 0 aliphatic heterocycles. The minimum atomic E-state index is -1.06. The lowest BCUT2D eigenvalue weighted by molar-refractivity contribution is -0.122. The fraction of sp³-hybridized carbons (Fsp3) is 0.909. The zero-order chi connectivity index (χ0) is 9.40. The molecule has 9 atom stereocenters. The van der Waals surface area contributed by atoms with Crippen molar-refractivity contribution in [2.45, 2.75) is 16.0 Å². The van der Waals surface area contributed by atoms with Gasteiger partial charge >= 0.3 is 0 Å². The number of rotatable bonds is 0. The SMILES string of the molecule is O=C1[C@H]2[C@@H]3C[C@@H]4[C@H]5[C@H]3[C@H]1[C@@](F)([C@@H]42)[C@@H]5I. The molecule has 6 rings (SSSR count). The lowest BCUT2D eigenvalue weighted by Gasteiger charge is -2.35. The van der Waals surface area contributed by atoms with Gasteiger partial charge in [-0.05, 0) is 30.1 Å². The molecule has 0 radical (unpaired) electrons. The molecule has 0 heterocycles. The smallest absolute Gasteiger partial charge is 0.143 e. The first kappa shape index (κ1) is 7.58. The Balaban J connectivity index is 1.92. The van der Waals surface area contributed by atoms with Crippen LogP contribution in [0.25, 0.3) is 0 Å². The molecule has 0 N–H and O–H groups in total. The highest BCUT2D eigenvalue weighted by atomic mass is 127. The lowest BCUT2D eigenvalue weighted by atomic mass is 9.70. The van der Waals surface area contributed by atoms with E-state index in [1.165, 1.54) is 6.42 Å². The fourth-order valence-electron chi connectivity index (χ4n) is 6.14. The second-order valence-corrected chi connectivity index (χ2v) is 7.22. The molecule has 0 amide bonds. The number of hydrogen-bond acceptors (Lipinski definition) is 1. The summed E-state index contributed by atoms with van der Waals surface area (Å²) in [7, 11) is 0. The monoisotopic (exact) mass is 304 g/mol. The van der Waals surface area contributed by atoms with Gasteiger partial charge < -0.3 is 0 Å². The Morgan fingerprint density at radius 3 is 2.86 bits per heavy atom. The number of alkyl halides is 2. The van der Waals surface area contributed by atoms with Crippen LogP contribution < -0.4 is 0 Å². The molecule has 0 aromatic heterocycles. The van der Waals surface area contributed by atoms with Crippen molar-refractivity contribution in [3.05, 3.63) is 0 Å². The highest BCUT2D eigenvalue weighted by molar-refractivity contribution is 14.1. The number of Topliss-reactive ketones (excluding diaryl/α,β-unsaturated/α-hetero) is 1. The van der Waals surface area contributed by atoms with Crippen LogP contribution in [0.2, 0.25) is 0 Å². The maximum Gasteiger partial charge on any atom is 0.143 e. The fourth-order valence-corrected chi connectivity index (χ4v) is 7.96. The molecule has 0 aromatic carbocycles. The molecule has 6 aliphatic carbocycles. The standard InChI is InChI=1S/C11H10FIO/c12-11-7-3-1-2-4(5(3)10(11)13)8(11)9(14)6(2)7/h2-8,10H,1H2/t2-,3-,4+,5+,6+,7+,8-,10-,11+/m1/s1. The molecule has 14 heavy (non-hydrogen) atoms. The van der Waals surface area contributed by atoms with Gasteiger partial charge in [-0.15, -0.1) is 0 Å². The highest BCUT2D eigenvalue weighted by Gasteiger charge is 2.90. The van der Waals surface area contributed by atoms with E-state index in [1.807, 2.05) is 0 Å². The van der Waals surface area contributed by atoms with Crippen molar-refractivity contribution in [2.75, 3.05) is 0 Å². The van der Waals surface area contributed by atoms with Crippen LogP contribution >= 0.6 is 22.6 Å². The van der Waals surface area contributed by atoms with Crippen LogP contribution in [-0.2, 0) is 4.79 Å². The van der Waals surface area contributed by atoms with Crippen LogP contribution in [-0.4, -0.2) is 15.4 Å². The second-order valence-electron chi connectivity index (χ2n) is 5.88. The van der Waals surface area contributed by atoms with Gasteiger partial charge in [0.1, 0.15) is 11.5 Å². The minimum Gasteiger partial charge on any atom is -0.299 e. The molecule has 6 saturated carbocycles. The first-order chi connectivity index (χ1) is 6.67. The van der Waals surface area contributed by atoms with Gasteiger partial charge in [0.05, 0.1) is 5.92 Å². The average molecular weight is 304 g/mol. The Bertz CT molecular complexity index is 395. The molecule has 74 valence electrons. The number of halogens is 2. The highest BCUT2D eigenvalue weighted by Crippen LogP contribution is 2.84. The molecule has 6 bridgehead atoms. The zero-order valence-corrected chi connectivity index (χ0v) is 9.65. The van der Waals surface area contributed by atoms with Gasteiger partial charge in [0.15, 0.2) is 0 Å². The van der Waals surface area contributed by atoms with Gasteiger partial charge in [0.25, 0.3) is 0 Å². The summed E-state index contributed by atoms with van der Waals surface area (Å²) < 4.78 is 15.1. The summed E-state index contributed by atoms with van der Waals surface area (Å²) in [5, 5.41) is 0. The molecule has 0 aromatic rings. The van der Waals surface area contributed by atoms with Crippen molar-refractivity contribution in [2.24, 2.45) is 41.4 Å². The minimum absolute atomic E-state index is 0.155. The maximum atomic E-state index is 14.9. The Labute approximate surface area is 94.9 Å². The first-order valence-electron chi connectivity index (χ1n) is 5.54. The van der Waals surface area contributed by atoms with Gasteiger partial charge in [-0.1, -0.05) is 22.6 Å². The van der Waals surface area contributed by atoms with Crippen LogP contribution in [0.1, 0.15) is 6.42 Å². The number of ketones is 1.